The third kappa shape index (κ3) is 6.14. The smallest absolute Gasteiger partial charge is 0.309 e. The Labute approximate surface area is 206 Å². The van der Waals surface area contributed by atoms with E-state index in [1.54, 1.807) is 31.6 Å². The lowest BCUT2D eigenvalue weighted by atomic mass is 9.98. The van der Waals surface area contributed by atoms with E-state index in [1.807, 2.05) is 37.3 Å². The Balaban J connectivity index is 1.45. The molecule has 2 heterocycles. The van der Waals surface area contributed by atoms with Gasteiger partial charge < -0.3 is 10.6 Å². The Morgan fingerprint density at radius 2 is 1.69 bits per heavy atom. The van der Waals surface area contributed by atoms with E-state index in [-0.39, 0.29) is 11.8 Å². The van der Waals surface area contributed by atoms with E-state index in [0.29, 0.717) is 18.1 Å². The fourth-order valence-corrected chi connectivity index (χ4v) is 3.72. The van der Waals surface area contributed by atoms with Gasteiger partial charge in [0.05, 0.1) is 11.8 Å². The van der Waals surface area contributed by atoms with Crippen LogP contribution >= 0.6 is 0 Å². The van der Waals surface area contributed by atoms with Gasteiger partial charge in [0.15, 0.2) is 0 Å². The average Bonchev–Trinajstić information content (AvgIpc) is 3.31. The number of nitrogens with one attached hydrogen (secondary N) is 2. The molecule has 2 aromatic heterocycles. The minimum Gasteiger partial charge on any atom is -0.309 e. The van der Waals surface area contributed by atoms with Gasteiger partial charge >= 0.3 is 6.18 Å². The van der Waals surface area contributed by atoms with Crippen molar-refractivity contribution in [2.24, 2.45) is 7.05 Å². The summed E-state index contributed by atoms with van der Waals surface area (Å²) in [6.45, 7) is 2.26. The van der Waals surface area contributed by atoms with E-state index < -0.39 is 17.8 Å². The summed E-state index contributed by atoms with van der Waals surface area (Å²) in [4.78, 5) is 19.0. The first kappa shape index (κ1) is 25.1. The van der Waals surface area contributed by atoms with Gasteiger partial charge in [-0.1, -0.05) is 49.4 Å². The number of hydrogen-bond acceptors (Lipinski definition) is 5. The van der Waals surface area contributed by atoms with Crippen molar-refractivity contribution in [1.29, 1.82) is 0 Å². The molecule has 2 unspecified atom stereocenters. The minimum absolute atomic E-state index is 0.129. The summed E-state index contributed by atoms with van der Waals surface area (Å²) < 4.78 is 38.6. The molecule has 4 rings (SSSR count). The van der Waals surface area contributed by atoms with Crippen LogP contribution in [0.1, 0.15) is 35.6 Å². The second-order valence-corrected chi connectivity index (χ2v) is 8.41. The highest BCUT2D eigenvalue weighted by atomic mass is 19.4. The maximum atomic E-state index is 13.2. The zero-order valence-corrected chi connectivity index (χ0v) is 19.7. The number of pyridine rings is 1. The summed E-state index contributed by atoms with van der Waals surface area (Å²) in [5, 5.41) is 14.4. The summed E-state index contributed by atoms with van der Waals surface area (Å²) in [5.41, 5.74) is 2.24. The van der Waals surface area contributed by atoms with Gasteiger partial charge in [-0.15, -0.1) is 0 Å². The van der Waals surface area contributed by atoms with E-state index in [2.05, 4.69) is 25.8 Å². The van der Waals surface area contributed by atoms with Gasteiger partial charge in [0.1, 0.15) is 17.6 Å². The van der Waals surface area contributed by atoms with Crippen LogP contribution in [0.25, 0.3) is 11.3 Å². The summed E-state index contributed by atoms with van der Waals surface area (Å²) >= 11 is 0. The molecule has 0 spiro atoms. The molecule has 2 N–H and O–H groups in total. The van der Waals surface area contributed by atoms with Crippen LogP contribution in [0, 0.1) is 0 Å². The molecule has 0 aliphatic heterocycles. The molecule has 0 fully saturated rings. The molecule has 186 valence electrons. The fraction of sp³-hybridized carbons (Fsp3) is 0.231. The summed E-state index contributed by atoms with van der Waals surface area (Å²) in [7, 11) is 1.72. The third-order valence-corrected chi connectivity index (χ3v) is 5.74. The van der Waals surface area contributed by atoms with Gasteiger partial charge in [-0.2, -0.15) is 28.2 Å². The molecule has 0 saturated heterocycles. The molecule has 0 bridgehead atoms. The van der Waals surface area contributed by atoms with Crippen molar-refractivity contribution < 1.29 is 18.0 Å². The standard InChI is InChI=1S/C26H25F3N6O/c1-17(18-8-11-21(12-9-18)26(27,28)29)14-31-24(19-6-4-3-5-7-19)25(36)33-23-13-10-20(15-30-23)22-16-32-35(2)34-22/h3-13,15-17,24,31H,14H2,1-2H3,(H,30,33,36). The first-order valence-electron chi connectivity index (χ1n) is 11.3. The SMILES string of the molecule is CC(CNC(C(=O)Nc1ccc(-c2cnn(C)n2)cn1)c1ccccc1)c1ccc(C(F)(F)F)cc1. The minimum atomic E-state index is -4.38. The van der Waals surface area contributed by atoms with Crippen LogP contribution in [0.4, 0.5) is 19.0 Å². The maximum absolute atomic E-state index is 13.2. The number of carbonyl (C=O) groups excluding carboxylic acids is 1. The number of amides is 1. The van der Waals surface area contributed by atoms with E-state index in [9.17, 15) is 18.0 Å². The number of anilines is 1. The second kappa shape index (κ2) is 10.7. The maximum Gasteiger partial charge on any atom is 0.416 e. The highest BCUT2D eigenvalue weighted by Crippen LogP contribution is 2.30. The van der Waals surface area contributed by atoms with Crippen molar-refractivity contribution >= 4 is 11.7 Å². The van der Waals surface area contributed by atoms with E-state index in [4.69, 9.17) is 0 Å². The molecule has 0 aliphatic carbocycles. The monoisotopic (exact) mass is 494 g/mol. The highest BCUT2D eigenvalue weighted by molar-refractivity contribution is 5.94. The van der Waals surface area contributed by atoms with Crippen LogP contribution in [0.2, 0.25) is 0 Å². The number of nitrogens with zero attached hydrogens (tertiary/aromatic N) is 4. The highest BCUT2D eigenvalue weighted by Gasteiger charge is 2.30. The van der Waals surface area contributed by atoms with Crippen LogP contribution < -0.4 is 10.6 Å². The van der Waals surface area contributed by atoms with Crippen LogP contribution in [-0.2, 0) is 18.0 Å². The average molecular weight is 495 g/mol. The molecule has 4 aromatic rings. The Bertz CT molecular complexity index is 1290. The lowest BCUT2D eigenvalue weighted by Crippen LogP contribution is -2.35. The number of alkyl halides is 3. The first-order valence-corrected chi connectivity index (χ1v) is 11.3. The van der Waals surface area contributed by atoms with Gasteiger partial charge in [0.2, 0.25) is 5.91 Å². The molecular weight excluding hydrogens is 469 g/mol. The second-order valence-electron chi connectivity index (χ2n) is 8.41. The summed E-state index contributed by atoms with van der Waals surface area (Å²) in [6.07, 6.45) is -1.14. The number of aromatic nitrogens is 4. The van der Waals surface area contributed by atoms with Gasteiger partial charge in [0.25, 0.3) is 0 Å². The number of halogens is 3. The Morgan fingerprint density at radius 1 is 0.972 bits per heavy atom. The van der Waals surface area contributed by atoms with Crippen molar-refractivity contribution in [3.05, 3.63) is 95.8 Å². The normalized spacial score (nSPS) is 13.2. The molecule has 10 heteroatoms. The van der Waals surface area contributed by atoms with Crippen molar-refractivity contribution in [1.82, 2.24) is 25.3 Å². The lowest BCUT2D eigenvalue weighted by molar-refractivity contribution is -0.137. The van der Waals surface area contributed by atoms with Crippen LogP contribution in [-0.4, -0.2) is 32.4 Å². The van der Waals surface area contributed by atoms with Crippen molar-refractivity contribution in [3.8, 4) is 11.3 Å². The van der Waals surface area contributed by atoms with Crippen molar-refractivity contribution in [2.75, 3.05) is 11.9 Å². The molecule has 0 saturated carbocycles. The van der Waals surface area contributed by atoms with Crippen LogP contribution in [0.3, 0.4) is 0 Å². The quantitative estimate of drug-likeness (QED) is 0.361. The molecule has 7 nitrogen and oxygen atoms in total. The molecule has 0 radical (unpaired) electrons. The van der Waals surface area contributed by atoms with Gasteiger partial charge in [-0.3, -0.25) is 4.79 Å². The number of rotatable bonds is 8. The van der Waals surface area contributed by atoms with Gasteiger partial charge in [-0.05, 0) is 41.3 Å². The van der Waals surface area contributed by atoms with E-state index in [0.717, 1.165) is 28.8 Å². The van der Waals surface area contributed by atoms with Crippen molar-refractivity contribution in [2.45, 2.75) is 25.1 Å². The van der Waals surface area contributed by atoms with Gasteiger partial charge in [0, 0.05) is 25.4 Å². The van der Waals surface area contributed by atoms with Crippen LogP contribution in [0.15, 0.2) is 79.1 Å². The predicted octanol–water partition coefficient (Wildman–Crippen LogP) is 4.97. The number of aryl methyl sites for hydroxylation is 1. The largest absolute Gasteiger partial charge is 0.416 e. The molecule has 36 heavy (non-hydrogen) atoms. The fourth-order valence-electron chi connectivity index (χ4n) is 3.72. The zero-order valence-electron chi connectivity index (χ0n) is 19.7. The Kier molecular flexibility index (Phi) is 7.44. The molecular formula is C26H25F3N6O. The first-order chi connectivity index (χ1) is 17.2. The van der Waals surface area contributed by atoms with Gasteiger partial charge in [-0.25, -0.2) is 4.98 Å². The summed E-state index contributed by atoms with van der Waals surface area (Å²) in [6, 6.07) is 17.1. The molecule has 2 atom stereocenters. The zero-order chi connectivity index (χ0) is 25.7. The van der Waals surface area contributed by atoms with Crippen molar-refractivity contribution in [3.63, 3.8) is 0 Å². The Hall–Kier alpha value is -4.05. The van der Waals surface area contributed by atoms with E-state index in [1.165, 1.54) is 16.9 Å². The van der Waals surface area contributed by atoms with E-state index >= 15 is 0 Å². The number of benzene rings is 2. The molecule has 0 aliphatic rings. The third-order valence-electron chi connectivity index (χ3n) is 5.74. The lowest BCUT2D eigenvalue weighted by Gasteiger charge is -2.21. The molecule has 1 amide bonds. The predicted molar refractivity (Wildman–Crippen MR) is 130 cm³/mol. The molecule has 2 aromatic carbocycles. The summed E-state index contributed by atoms with van der Waals surface area (Å²) in [5.74, 6) is -0.0533. The number of carbonyl (C=O) groups is 1. The Morgan fingerprint density at radius 3 is 2.28 bits per heavy atom. The number of hydrogen-bond donors (Lipinski definition) is 2. The topological polar surface area (TPSA) is 84.7 Å². The van der Waals surface area contributed by atoms with Crippen LogP contribution in [0.5, 0.6) is 0 Å².